The Kier molecular flexibility index (Phi) is 7.56. The van der Waals surface area contributed by atoms with Gasteiger partial charge in [0.05, 0.1) is 0 Å². The Balaban J connectivity index is 1.41. The van der Waals surface area contributed by atoms with Gasteiger partial charge in [-0.1, -0.05) is 24.3 Å². The zero-order valence-electron chi connectivity index (χ0n) is 16.5. The lowest BCUT2D eigenvalue weighted by Gasteiger charge is -2.14. The molecule has 0 spiro atoms. The first-order valence-corrected chi connectivity index (χ1v) is 9.57. The molecule has 3 amide bonds. The Bertz CT molecular complexity index is 1010. The zero-order valence-corrected chi connectivity index (χ0v) is 16.5. The Hall–Kier alpha value is -3.91. The van der Waals surface area contributed by atoms with Gasteiger partial charge in [0.15, 0.2) is 0 Å². The third-order valence-electron chi connectivity index (χ3n) is 4.17. The minimum atomic E-state index is -0.974. The van der Waals surface area contributed by atoms with Crippen molar-refractivity contribution in [1.82, 2.24) is 5.32 Å². The predicted molar refractivity (Wildman–Crippen MR) is 116 cm³/mol. The fraction of sp³-hybridized carbons (Fsp3) is 0.130. The van der Waals surface area contributed by atoms with Crippen LogP contribution in [0.1, 0.15) is 10.4 Å². The Morgan fingerprint density at radius 2 is 1.61 bits per heavy atom. The number of aliphatic hydroxyl groups is 1. The van der Waals surface area contributed by atoms with Crippen molar-refractivity contribution in [1.29, 1.82) is 0 Å². The highest BCUT2D eigenvalue weighted by Crippen LogP contribution is 2.13. The predicted octanol–water partition coefficient (Wildman–Crippen LogP) is 3.64. The third kappa shape index (κ3) is 7.13. The second-order valence-electron chi connectivity index (χ2n) is 6.65. The number of hydrogen-bond donors (Lipinski definition) is 4. The highest BCUT2D eigenvalue weighted by atomic mass is 19.1. The topological polar surface area (TPSA) is 99.7 Å². The largest absolute Gasteiger partial charge is 0.491 e. The van der Waals surface area contributed by atoms with Crippen molar-refractivity contribution in [3.63, 3.8) is 0 Å². The maximum absolute atomic E-state index is 13.1. The van der Waals surface area contributed by atoms with Gasteiger partial charge in [0, 0.05) is 29.5 Å². The van der Waals surface area contributed by atoms with Crippen molar-refractivity contribution in [2.75, 3.05) is 23.8 Å². The number of carbonyl (C=O) groups is 2. The van der Waals surface area contributed by atoms with Crippen LogP contribution in [-0.2, 0) is 0 Å². The van der Waals surface area contributed by atoms with Gasteiger partial charge in [-0.15, -0.1) is 0 Å². The van der Waals surface area contributed by atoms with Crippen molar-refractivity contribution in [2.45, 2.75) is 6.10 Å². The van der Waals surface area contributed by atoms with E-state index < -0.39 is 18.0 Å². The first kappa shape index (κ1) is 21.8. The lowest BCUT2D eigenvalue weighted by Crippen LogP contribution is -2.37. The van der Waals surface area contributed by atoms with Gasteiger partial charge >= 0.3 is 6.03 Å². The van der Waals surface area contributed by atoms with Gasteiger partial charge in [-0.25, -0.2) is 9.18 Å². The molecule has 160 valence electrons. The number of anilines is 2. The van der Waals surface area contributed by atoms with E-state index in [-0.39, 0.29) is 19.1 Å². The quantitative estimate of drug-likeness (QED) is 0.445. The molecule has 1 unspecified atom stereocenters. The van der Waals surface area contributed by atoms with E-state index in [4.69, 9.17) is 4.74 Å². The molecular weight excluding hydrogens is 401 g/mol. The van der Waals surface area contributed by atoms with Crippen LogP contribution in [0.15, 0.2) is 78.9 Å². The van der Waals surface area contributed by atoms with Crippen LogP contribution in [0.2, 0.25) is 0 Å². The number of urea groups is 1. The molecule has 7 nitrogen and oxygen atoms in total. The number of rotatable bonds is 8. The maximum Gasteiger partial charge on any atom is 0.319 e. The summed E-state index contributed by atoms with van der Waals surface area (Å²) in [6.07, 6.45) is -0.974. The number of nitrogens with one attached hydrogen (secondary N) is 3. The minimum absolute atomic E-state index is 0.0568. The standard InChI is InChI=1S/C23H22FN3O4/c24-17-5-4-8-21(13-17)31-15-20(28)14-25-23(30)27-19-11-9-16(10-12-19)22(29)26-18-6-2-1-3-7-18/h1-13,20,28H,14-15H2,(H,26,29)(H2,25,27,30). The molecule has 0 fully saturated rings. The molecule has 4 N–H and O–H groups in total. The molecule has 0 heterocycles. The van der Waals surface area contributed by atoms with Gasteiger partial charge in [0.25, 0.3) is 5.91 Å². The first-order chi connectivity index (χ1) is 15.0. The molecule has 1 atom stereocenters. The van der Waals surface area contributed by atoms with E-state index in [2.05, 4.69) is 16.0 Å². The summed E-state index contributed by atoms with van der Waals surface area (Å²) in [6, 6.07) is 20.5. The summed E-state index contributed by atoms with van der Waals surface area (Å²) in [6.45, 7) is -0.159. The fourth-order valence-corrected chi connectivity index (χ4v) is 2.62. The summed E-state index contributed by atoms with van der Waals surface area (Å²) in [4.78, 5) is 24.2. The second-order valence-corrected chi connectivity index (χ2v) is 6.65. The lowest BCUT2D eigenvalue weighted by molar-refractivity contribution is 0.102. The number of amides is 3. The lowest BCUT2D eigenvalue weighted by atomic mass is 10.2. The van der Waals surface area contributed by atoms with Crippen molar-refractivity contribution in [3.8, 4) is 5.75 Å². The molecule has 3 rings (SSSR count). The van der Waals surface area contributed by atoms with Crippen LogP contribution in [0.5, 0.6) is 5.75 Å². The van der Waals surface area contributed by atoms with E-state index in [0.717, 1.165) is 0 Å². The molecule has 0 aliphatic heterocycles. The van der Waals surface area contributed by atoms with Crippen LogP contribution in [0.4, 0.5) is 20.6 Å². The van der Waals surface area contributed by atoms with Gasteiger partial charge in [-0.3, -0.25) is 4.79 Å². The summed E-state index contributed by atoms with van der Waals surface area (Å²) >= 11 is 0. The smallest absolute Gasteiger partial charge is 0.319 e. The number of ether oxygens (including phenoxy) is 1. The highest BCUT2D eigenvalue weighted by molar-refractivity contribution is 6.04. The van der Waals surface area contributed by atoms with E-state index in [1.807, 2.05) is 18.2 Å². The maximum atomic E-state index is 13.1. The Morgan fingerprint density at radius 1 is 0.903 bits per heavy atom. The number of benzene rings is 3. The van der Waals surface area contributed by atoms with Crippen LogP contribution in [-0.4, -0.2) is 36.3 Å². The molecule has 0 aliphatic rings. The van der Waals surface area contributed by atoms with E-state index in [1.54, 1.807) is 42.5 Å². The summed E-state index contributed by atoms with van der Waals surface area (Å²) < 4.78 is 18.4. The number of hydrogen-bond acceptors (Lipinski definition) is 4. The van der Waals surface area contributed by atoms with E-state index >= 15 is 0 Å². The molecule has 0 saturated carbocycles. The van der Waals surface area contributed by atoms with Crippen molar-refractivity contribution < 1.29 is 23.8 Å². The van der Waals surface area contributed by atoms with Crippen LogP contribution < -0.4 is 20.7 Å². The molecule has 0 bridgehead atoms. The molecule has 0 aromatic heterocycles. The Morgan fingerprint density at radius 3 is 2.32 bits per heavy atom. The average molecular weight is 423 g/mol. The van der Waals surface area contributed by atoms with Gasteiger partial charge in [-0.05, 0) is 48.5 Å². The normalized spacial score (nSPS) is 11.3. The zero-order chi connectivity index (χ0) is 22.1. The molecule has 3 aromatic carbocycles. The van der Waals surface area contributed by atoms with Crippen molar-refractivity contribution in [2.24, 2.45) is 0 Å². The van der Waals surface area contributed by atoms with Crippen LogP contribution in [0, 0.1) is 5.82 Å². The molecule has 3 aromatic rings. The van der Waals surface area contributed by atoms with E-state index in [9.17, 15) is 19.1 Å². The molecule has 0 aliphatic carbocycles. The number of aliphatic hydroxyl groups excluding tert-OH is 1. The molecule has 0 radical (unpaired) electrons. The monoisotopic (exact) mass is 423 g/mol. The summed E-state index contributed by atoms with van der Waals surface area (Å²) in [5.74, 6) is -0.406. The Labute approximate surface area is 178 Å². The van der Waals surface area contributed by atoms with Gasteiger partial charge < -0.3 is 25.8 Å². The third-order valence-corrected chi connectivity index (χ3v) is 4.17. The van der Waals surface area contributed by atoms with Crippen LogP contribution in [0.3, 0.4) is 0 Å². The van der Waals surface area contributed by atoms with Crippen molar-refractivity contribution in [3.05, 3.63) is 90.2 Å². The molecule has 8 heteroatoms. The highest BCUT2D eigenvalue weighted by Gasteiger charge is 2.10. The second kappa shape index (κ2) is 10.7. The van der Waals surface area contributed by atoms with Gasteiger partial charge in [-0.2, -0.15) is 0 Å². The molecule has 0 saturated heterocycles. The molecular formula is C23H22FN3O4. The number of para-hydroxylation sites is 1. The van der Waals surface area contributed by atoms with Crippen molar-refractivity contribution >= 4 is 23.3 Å². The summed E-state index contributed by atoms with van der Waals surface area (Å²) in [5.41, 5.74) is 1.62. The number of halogens is 1. The van der Waals surface area contributed by atoms with Gasteiger partial charge in [0.2, 0.25) is 0 Å². The van der Waals surface area contributed by atoms with Gasteiger partial charge in [0.1, 0.15) is 24.3 Å². The summed E-state index contributed by atoms with van der Waals surface area (Å²) in [5, 5.41) is 17.8. The average Bonchev–Trinajstić information content (AvgIpc) is 2.77. The fourth-order valence-electron chi connectivity index (χ4n) is 2.62. The summed E-state index contributed by atoms with van der Waals surface area (Å²) in [7, 11) is 0. The van der Waals surface area contributed by atoms with Crippen LogP contribution >= 0.6 is 0 Å². The van der Waals surface area contributed by atoms with E-state index in [1.165, 1.54) is 18.2 Å². The van der Waals surface area contributed by atoms with E-state index in [0.29, 0.717) is 22.7 Å². The first-order valence-electron chi connectivity index (χ1n) is 9.57. The number of carbonyl (C=O) groups excluding carboxylic acids is 2. The van der Waals surface area contributed by atoms with Crippen LogP contribution in [0.25, 0.3) is 0 Å². The minimum Gasteiger partial charge on any atom is -0.491 e. The molecule has 31 heavy (non-hydrogen) atoms. The SMILES string of the molecule is O=C(NCC(O)COc1cccc(F)c1)Nc1ccc(C(=O)Nc2ccccc2)cc1.